The average Bonchev–Trinajstić information content (AvgIpc) is 3.39. The van der Waals surface area contributed by atoms with Crippen LogP contribution in [0.15, 0.2) is 47.8 Å². The minimum Gasteiger partial charge on any atom is -0.366 e. The van der Waals surface area contributed by atoms with E-state index in [1.807, 2.05) is 10.3 Å². The third-order valence-electron chi connectivity index (χ3n) is 4.85. The van der Waals surface area contributed by atoms with Crippen molar-refractivity contribution in [3.8, 4) is 0 Å². The van der Waals surface area contributed by atoms with E-state index in [2.05, 4.69) is 10.4 Å². The summed E-state index contributed by atoms with van der Waals surface area (Å²) in [6.45, 7) is 2.03. The van der Waals surface area contributed by atoms with Crippen LogP contribution in [0.1, 0.15) is 20.2 Å². The summed E-state index contributed by atoms with van der Waals surface area (Å²) in [4.78, 5) is 29.3. The van der Waals surface area contributed by atoms with Crippen molar-refractivity contribution in [2.24, 2.45) is 7.05 Å². The van der Waals surface area contributed by atoms with Gasteiger partial charge in [0.05, 0.1) is 10.6 Å². The molecule has 1 aliphatic heterocycles. The Morgan fingerprint density at radius 2 is 1.86 bits per heavy atom. The van der Waals surface area contributed by atoms with E-state index in [0.29, 0.717) is 42.6 Å². The van der Waals surface area contributed by atoms with E-state index >= 15 is 0 Å². The smallest absolute Gasteiger partial charge is 0.274 e. The number of nitrogens with one attached hydrogen (secondary N) is 1. The van der Waals surface area contributed by atoms with E-state index in [-0.39, 0.29) is 23.3 Å². The third kappa shape index (κ3) is 4.00. The van der Waals surface area contributed by atoms with E-state index in [1.54, 1.807) is 48.3 Å². The number of carbonyl (C=O) groups excluding carboxylic acids is 2. The molecular weight excluding hydrogens is 393 g/mol. The summed E-state index contributed by atoms with van der Waals surface area (Å²) < 4.78 is 15.5. The fraction of sp³-hybridized carbons (Fsp3) is 0.250. The number of carbonyl (C=O) groups is 2. The van der Waals surface area contributed by atoms with Crippen molar-refractivity contribution >= 4 is 34.7 Å². The molecule has 29 heavy (non-hydrogen) atoms. The van der Waals surface area contributed by atoms with Crippen molar-refractivity contribution in [3.05, 3.63) is 64.2 Å². The van der Waals surface area contributed by atoms with Gasteiger partial charge in [-0.05, 0) is 23.6 Å². The van der Waals surface area contributed by atoms with Crippen LogP contribution in [0.3, 0.4) is 0 Å². The van der Waals surface area contributed by atoms with Crippen LogP contribution >= 0.6 is 11.3 Å². The molecule has 0 saturated carbocycles. The largest absolute Gasteiger partial charge is 0.366 e. The number of nitrogens with zero attached hydrogens (tertiary/aromatic N) is 4. The highest BCUT2D eigenvalue weighted by atomic mass is 32.1. The van der Waals surface area contributed by atoms with Gasteiger partial charge in [0.25, 0.3) is 11.8 Å². The Balaban J connectivity index is 1.40. The van der Waals surface area contributed by atoms with E-state index < -0.39 is 0 Å². The Morgan fingerprint density at radius 1 is 1.10 bits per heavy atom. The van der Waals surface area contributed by atoms with Crippen LogP contribution in [0.25, 0.3) is 0 Å². The Bertz CT molecular complexity index is 1030. The predicted molar refractivity (Wildman–Crippen MR) is 110 cm³/mol. The zero-order valence-electron chi connectivity index (χ0n) is 15.8. The van der Waals surface area contributed by atoms with Crippen LogP contribution in [0.5, 0.6) is 0 Å². The van der Waals surface area contributed by atoms with Crippen molar-refractivity contribution in [1.82, 2.24) is 14.7 Å². The van der Waals surface area contributed by atoms with E-state index in [4.69, 9.17) is 0 Å². The molecule has 0 unspecified atom stereocenters. The Kier molecular flexibility index (Phi) is 5.30. The molecule has 2 aromatic heterocycles. The molecule has 1 saturated heterocycles. The molecule has 0 spiro atoms. The van der Waals surface area contributed by atoms with Gasteiger partial charge in [0.2, 0.25) is 0 Å². The standard InChI is InChI=1S/C20H20FN5O2S/c1-24-18(22-19(27)17-7-4-12-29-17)13-15(23-24)20(28)26-10-8-25(9-11-26)16-6-3-2-5-14(16)21/h2-7,12-13H,8-11H2,1H3,(H,22,27). The number of aromatic nitrogens is 2. The topological polar surface area (TPSA) is 70.5 Å². The van der Waals surface area contributed by atoms with Crippen molar-refractivity contribution < 1.29 is 14.0 Å². The number of hydrogen-bond acceptors (Lipinski definition) is 5. The molecule has 1 N–H and O–H groups in total. The van der Waals surface area contributed by atoms with Crippen LogP contribution in [-0.4, -0.2) is 52.7 Å². The molecule has 1 aromatic carbocycles. The lowest BCUT2D eigenvalue weighted by Crippen LogP contribution is -2.49. The summed E-state index contributed by atoms with van der Waals surface area (Å²) in [5, 5.41) is 8.86. The van der Waals surface area contributed by atoms with Gasteiger partial charge >= 0.3 is 0 Å². The van der Waals surface area contributed by atoms with Crippen LogP contribution < -0.4 is 10.2 Å². The highest BCUT2D eigenvalue weighted by Crippen LogP contribution is 2.21. The fourth-order valence-corrected chi connectivity index (χ4v) is 3.91. The van der Waals surface area contributed by atoms with Gasteiger partial charge in [0.1, 0.15) is 11.6 Å². The molecule has 0 aliphatic carbocycles. The normalized spacial score (nSPS) is 14.1. The Hall–Kier alpha value is -3.20. The highest BCUT2D eigenvalue weighted by Gasteiger charge is 2.26. The summed E-state index contributed by atoms with van der Waals surface area (Å²) in [5.74, 6) is -0.245. The zero-order chi connectivity index (χ0) is 20.4. The summed E-state index contributed by atoms with van der Waals surface area (Å²) in [5.41, 5.74) is 0.823. The molecule has 3 heterocycles. The number of halogens is 1. The lowest BCUT2D eigenvalue weighted by molar-refractivity contribution is 0.0739. The van der Waals surface area contributed by atoms with Crippen LogP contribution in [0, 0.1) is 5.82 Å². The number of hydrogen-bond donors (Lipinski definition) is 1. The number of para-hydroxylation sites is 1. The van der Waals surface area contributed by atoms with Gasteiger partial charge < -0.3 is 15.1 Å². The van der Waals surface area contributed by atoms with E-state index in [0.717, 1.165) is 0 Å². The first kappa shape index (κ1) is 19.1. The Morgan fingerprint density at radius 3 is 2.55 bits per heavy atom. The van der Waals surface area contributed by atoms with Gasteiger partial charge in [0, 0.05) is 39.3 Å². The second-order valence-corrected chi connectivity index (χ2v) is 7.65. The van der Waals surface area contributed by atoms with Crippen molar-refractivity contribution in [3.63, 3.8) is 0 Å². The molecule has 9 heteroatoms. The lowest BCUT2D eigenvalue weighted by atomic mass is 10.2. The number of piperazine rings is 1. The maximum atomic E-state index is 14.0. The van der Waals surface area contributed by atoms with Gasteiger partial charge in [-0.25, -0.2) is 4.39 Å². The molecule has 1 fully saturated rings. The number of aryl methyl sites for hydroxylation is 1. The van der Waals surface area contributed by atoms with E-state index in [1.165, 1.54) is 22.1 Å². The molecule has 3 aromatic rings. The molecular formula is C20H20FN5O2S. The first-order valence-electron chi connectivity index (χ1n) is 9.20. The van der Waals surface area contributed by atoms with Gasteiger partial charge in [0.15, 0.2) is 5.69 Å². The second-order valence-electron chi connectivity index (χ2n) is 6.70. The van der Waals surface area contributed by atoms with Crippen LogP contribution in [0.4, 0.5) is 15.9 Å². The minimum atomic E-state index is -0.261. The zero-order valence-corrected chi connectivity index (χ0v) is 16.7. The monoisotopic (exact) mass is 413 g/mol. The third-order valence-corrected chi connectivity index (χ3v) is 5.71. The highest BCUT2D eigenvalue weighted by molar-refractivity contribution is 7.12. The first-order valence-corrected chi connectivity index (χ1v) is 10.1. The molecule has 0 radical (unpaired) electrons. The number of thiophene rings is 1. The van der Waals surface area contributed by atoms with Crippen molar-refractivity contribution in [1.29, 1.82) is 0 Å². The van der Waals surface area contributed by atoms with Gasteiger partial charge in [-0.2, -0.15) is 5.10 Å². The van der Waals surface area contributed by atoms with Gasteiger partial charge in [-0.1, -0.05) is 18.2 Å². The van der Waals surface area contributed by atoms with Crippen LogP contribution in [0.2, 0.25) is 0 Å². The second kappa shape index (κ2) is 8.04. The molecule has 7 nitrogen and oxygen atoms in total. The maximum absolute atomic E-state index is 14.0. The summed E-state index contributed by atoms with van der Waals surface area (Å²) >= 11 is 1.34. The molecule has 0 atom stereocenters. The summed E-state index contributed by atoms with van der Waals surface area (Å²) in [6, 6.07) is 11.8. The number of anilines is 2. The number of rotatable bonds is 4. The van der Waals surface area contributed by atoms with Gasteiger partial charge in [-0.3, -0.25) is 14.3 Å². The van der Waals surface area contributed by atoms with E-state index in [9.17, 15) is 14.0 Å². The average molecular weight is 413 g/mol. The molecule has 150 valence electrons. The molecule has 1 aliphatic rings. The summed E-state index contributed by atoms with van der Waals surface area (Å²) in [6.07, 6.45) is 0. The Labute approximate surface area is 171 Å². The SMILES string of the molecule is Cn1nc(C(=O)N2CCN(c3ccccc3F)CC2)cc1NC(=O)c1cccs1. The summed E-state index contributed by atoms with van der Waals surface area (Å²) in [7, 11) is 1.68. The van der Waals surface area contributed by atoms with Gasteiger partial charge in [-0.15, -0.1) is 11.3 Å². The van der Waals surface area contributed by atoms with Crippen LogP contribution in [-0.2, 0) is 7.05 Å². The van der Waals surface area contributed by atoms with Crippen molar-refractivity contribution in [2.75, 3.05) is 36.4 Å². The molecule has 4 rings (SSSR count). The first-order chi connectivity index (χ1) is 14.0. The van der Waals surface area contributed by atoms with Crippen molar-refractivity contribution in [2.45, 2.75) is 0 Å². The number of benzene rings is 1. The molecule has 0 bridgehead atoms. The maximum Gasteiger partial charge on any atom is 0.274 e. The molecule has 2 amide bonds. The fourth-order valence-electron chi connectivity index (χ4n) is 3.30. The number of amides is 2. The predicted octanol–water partition coefficient (Wildman–Crippen LogP) is 2.84. The lowest BCUT2D eigenvalue weighted by Gasteiger charge is -2.35. The minimum absolute atomic E-state index is 0.203. The quantitative estimate of drug-likeness (QED) is 0.714.